The van der Waals surface area contributed by atoms with E-state index in [1.165, 1.54) is 45.1 Å². The number of likely N-dealkylation sites (tertiary alicyclic amines) is 1. The molecule has 82 valence electrons. The summed E-state index contributed by atoms with van der Waals surface area (Å²) in [6, 6.07) is 1.63. The second kappa shape index (κ2) is 3.84. The highest BCUT2D eigenvalue weighted by atomic mass is 15.2. The topological polar surface area (TPSA) is 3.24 Å². The Labute approximate surface area is 88.9 Å². The molecule has 0 amide bonds. The highest BCUT2D eigenvalue weighted by molar-refractivity contribution is 4.98. The van der Waals surface area contributed by atoms with Gasteiger partial charge in [0.1, 0.15) is 0 Å². The lowest BCUT2D eigenvalue weighted by atomic mass is 9.83. The fourth-order valence-electron chi connectivity index (χ4n) is 3.67. The van der Waals surface area contributed by atoms with E-state index >= 15 is 0 Å². The third kappa shape index (κ3) is 1.71. The average molecular weight is 195 g/mol. The summed E-state index contributed by atoms with van der Waals surface area (Å²) in [4.78, 5) is 2.76. The summed E-state index contributed by atoms with van der Waals surface area (Å²) in [5.41, 5.74) is 0.741. The molecule has 0 N–H and O–H groups in total. The highest BCUT2D eigenvalue weighted by Gasteiger charge is 2.45. The number of hydrogen-bond donors (Lipinski definition) is 0. The van der Waals surface area contributed by atoms with E-state index in [0.717, 1.165) is 17.5 Å². The lowest BCUT2D eigenvalue weighted by molar-refractivity contribution is 0.185. The molecule has 1 nitrogen and oxygen atoms in total. The van der Waals surface area contributed by atoms with Gasteiger partial charge in [0, 0.05) is 18.6 Å². The normalized spacial score (nSPS) is 32.1. The summed E-state index contributed by atoms with van der Waals surface area (Å²) in [7, 11) is 0. The quantitative estimate of drug-likeness (QED) is 0.652. The second-order valence-electron chi connectivity index (χ2n) is 5.74. The van der Waals surface area contributed by atoms with E-state index in [1.807, 2.05) is 0 Å². The van der Waals surface area contributed by atoms with Crippen molar-refractivity contribution in [1.82, 2.24) is 4.90 Å². The molecule has 0 aromatic rings. The van der Waals surface area contributed by atoms with Gasteiger partial charge in [-0.25, -0.2) is 0 Å². The molecular weight excluding hydrogens is 170 g/mol. The molecular formula is C13H25N. The summed E-state index contributed by atoms with van der Waals surface area (Å²) in [5.74, 6) is 0. The predicted molar refractivity (Wildman–Crippen MR) is 61.4 cm³/mol. The van der Waals surface area contributed by atoms with Gasteiger partial charge in [0.05, 0.1) is 0 Å². The Morgan fingerprint density at radius 3 is 2.36 bits per heavy atom. The molecule has 1 heterocycles. The first-order valence-electron chi connectivity index (χ1n) is 6.43. The Bertz CT molecular complexity index is 191. The summed E-state index contributed by atoms with van der Waals surface area (Å²) in [6.07, 6.45) is 8.83. The molecule has 2 rings (SSSR count). The van der Waals surface area contributed by atoms with Crippen LogP contribution in [-0.2, 0) is 0 Å². The summed E-state index contributed by atoms with van der Waals surface area (Å²) in [6.45, 7) is 8.46. The number of hydrogen-bond acceptors (Lipinski definition) is 1. The van der Waals surface area contributed by atoms with Crippen molar-refractivity contribution in [2.24, 2.45) is 5.41 Å². The zero-order chi connectivity index (χ0) is 10.2. The molecule has 0 unspecified atom stereocenters. The van der Waals surface area contributed by atoms with Crippen LogP contribution in [0.2, 0.25) is 0 Å². The number of nitrogens with zero attached hydrogens (tertiary/aromatic N) is 1. The summed E-state index contributed by atoms with van der Waals surface area (Å²) < 4.78 is 0. The van der Waals surface area contributed by atoms with Crippen LogP contribution in [0.25, 0.3) is 0 Å². The maximum absolute atomic E-state index is 2.76. The van der Waals surface area contributed by atoms with Gasteiger partial charge in [0.25, 0.3) is 0 Å². The van der Waals surface area contributed by atoms with Crippen LogP contribution in [0.15, 0.2) is 0 Å². The van der Waals surface area contributed by atoms with Crippen molar-refractivity contribution < 1.29 is 0 Å². The Morgan fingerprint density at radius 1 is 1.29 bits per heavy atom. The molecule has 1 atom stereocenters. The molecule has 14 heavy (non-hydrogen) atoms. The maximum atomic E-state index is 2.76. The first-order valence-corrected chi connectivity index (χ1v) is 6.43. The van der Waals surface area contributed by atoms with Crippen LogP contribution >= 0.6 is 0 Å². The zero-order valence-electron chi connectivity index (χ0n) is 10.1. The molecule has 2 fully saturated rings. The molecule has 0 radical (unpaired) electrons. The minimum absolute atomic E-state index is 0.741. The largest absolute Gasteiger partial charge is 0.297 e. The fraction of sp³-hybridized carbons (Fsp3) is 1.00. The van der Waals surface area contributed by atoms with Gasteiger partial charge in [0.2, 0.25) is 0 Å². The van der Waals surface area contributed by atoms with Gasteiger partial charge in [-0.3, -0.25) is 4.90 Å². The average Bonchev–Trinajstić information content (AvgIpc) is 2.74. The van der Waals surface area contributed by atoms with E-state index in [1.54, 1.807) is 0 Å². The summed E-state index contributed by atoms with van der Waals surface area (Å²) in [5, 5.41) is 0. The first kappa shape index (κ1) is 10.5. The van der Waals surface area contributed by atoms with Crippen LogP contribution in [0.3, 0.4) is 0 Å². The molecule has 0 bridgehead atoms. The van der Waals surface area contributed by atoms with E-state index in [2.05, 4.69) is 25.7 Å². The smallest absolute Gasteiger partial charge is 0.0101 e. The molecule has 0 aromatic heterocycles. The standard InChI is InChI=1S/C13H25N/c1-4-12-9-13(7-5-6-8-13)10-14(12)11(2)3/h11-12H,4-10H2,1-3H3/t12-/m0/s1. The van der Waals surface area contributed by atoms with Gasteiger partial charge >= 0.3 is 0 Å². The molecule has 1 spiro atoms. The second-order valence-corrected chi connectivity index (χ2v) is 5.74. The SMILES string of the molecule is CC[C@H]1CC2(CCCC2)CN1C(C)C. The molecule has 1 heteroatoms. The lowest BCUT2D eigenvalue weighted by Crippen LogP contribution is -2.36. The third-order valence-electron chi connectivity index (χ3n) is 4.45. The van der Waals surface area contributed by atoms with E-state index in [-0.39, 0.29) is 0 Å². The Hall–Kier alpha value is -0.0400. The van der Waals surface area contributed by atoms with Crippen LogP contribution in [0.1, 0.15) is 59.3 Å². The molecule has 1 saturated heterocycles. The van der Waals surface area contributed by atoms with Gasteiger partial charge in [-0.15, -0.1) is 0 Å². The third-order valence-corrected chi connectivity index (χ3v) is 4.45. The van der Waals surface area contributed by atoms with Crippen LogP contribution < -0.4 is 0 Å². The van der Waals surface area contributed by atoms with Crippen LogP contribution in [0.5, 0.6) is 0 Å². The maximum Gasteiger partial charge on any atom is 0.0101 e. The van der Waals surface area contributed by atoms with Crippen LogP contribution in [0, 0.1) is 5.41 Å². The van der Waals surface area contributed by atoms with Crippen molar-refractivity contribution in [2.75, 3.05) is 6.54 Å². The Balaban J connectivity index is 2.06. The molecule has 1 saturated carbocycles. The summed E-state index contributed by atoms with van der Waals surface area (Å²) >= 11 is 0. The van der Waals surface area contributed by atoms with Crippen molar-refractivity contribution >= 4 is 0 Å². The molecule has 2 aliphatic rings. The van der Waals surface area contributed by atoms with Crippen molar-refractivity contribution in [3.8, 4) is 0 Å². The van der Waals surface area contributed by atoms with Gasteiger partial charge in [-0.1, -0.05) is 19.8 Å². The van der Waals surface area contributed by atoms with E-state index < -0.39 is 0 Å². The lowest BCUT2D eigenvalue weighted by Gasteiger charge is -2.28. The van der Waals surface area contributed by atoms with Crippen molar-refractivity contribution in [2.45, 2.75) is 71.4 Å². The zero-order valence-corrected chi connectivity index (χ0v) is 10.1. The van der Waals surface area contributed by atoms with Crippen molar-refractivity contribution in [3.63, 3.8) is 0 Å². The van der Waals surface area contributed by atoms with Gasteiger partial charge in [0.15, 0.2) is 0 Å². The van der Waals surface area contributed by atoms with Crippen LogP contribution in [-0.4, -0.2) is 23.5 Å². The molecule has 0 aromatic carbocycles. The van der Waals surface area contributed by atoms with Gasteiger partial charge in [-0.05, 0) is 44.9 Å². The molecule has 1 aliphatic heterocycles. The van der Waals surface area contributed by atoms with Crippen LogP contribution in [0.4, 0.5) is 0 Å². The number of rotatable bonds is 2. The van der Waals surface area contributed by atoms with Crippen molar-refractivity contribution in [3.05, 3.63) is 0 Å². The van der Waals surface area contributed by atoms with Crippen molar-refractivity contribution in [1.29, 1.82) is 0 Å². The minimum Gasteiger partial charge on any atom is -0.297 e. The van der Waals surface area contributed by atoms with Gasteiger partial charge in [-0.2, -0.15) is 0 Å². The Morgan fingerprint density at radius 2 is 1.93 bits per heavy atom. The van der Waals surface area contributed by atoms with E-state index in [0.29, 0.717) is 0 Å². The molecule has 1 aliphatic carbocycles. The van der Waals surface area contributed by atoms with E-state index in [9.17, 15) is 0 Å². The minimum atomic E-state index is 0.741. The van der Waals surface area contributed by atoms with Gasteiger partial charge < -0.3 is 0 Å². The highest BCUT2D eigenvalue weighted by Crippen LogP contribution is 2.48. The fourth-order valence-corrected chi connectivity index (χ4v) is 3.67. The van der Waals surface area contributed by atoms with E-state index in [4.69, 9.17) is 0 Å². The Kier molecular flexibility index (Phi) is 2.88. The predicted octanol–water partition coefficient (Wildman–Crippen LogP) is 3.44. The first-order chi connectivity index (χ1) is 6.67. The monoisotopic (exact) mass is 195 g/mol.